The summed E-state index contributed by atoms with van der Waals surface area (Å²) in [5.74, 6) is 2.38. The number of hydrogen-bond acceptors (Lipinski definition) is 2. The van der Waals surface area contributed by atoms with Crippen LogP contribution in [0.4, 0.5) is 0 Å². The molecule has 104 valence electrons. The zero-order chi connectivity index (χ0) is 13.2. The predicted molar refractivity (Wildman–Crippen MR) is 71.6 cm³/mol. The maximum atomic E-state index is 12.3. The van der Waals surface area contributed by atoms with Crippen LogP contribution in [-0.2, 0) is 9.59 Å². The van der Waals surface area contributed by atoms with Crippen LogP contribution in [0.25, 0.3) is 0 Å². The lowest BCUT2D eigenvalue weighted by Gasteiger charge is -2.59. The highest BCUT2D eigenvalue weighted by molar-refractivity contribution is 6.64. The molecule has 1 aliphatic heterocycles. The fraction of sp³-hybridized carbons (Fsp3) is 0.867. The first-order valence-electron chi connectivity index (χ1n) is 7.55. The highest BCUT2D eigenvalue weighted by Crippen LogP contribution is 2.58. The molecule has 4 saturated carbocycles. The lowest BCUT2D eigenvalue weighted by atomic mass is 9.52. The summed E-state index contributed by atoms with van der Waals surface area (Å²) in [5, 5.41) is -0.333. The minimum absolute atomic E-state index is 0.0902. The van der Waals surface area contributed by atoms with Crippen molar-refractivity contribution in [2.24, 2.45) is 23.7 Å². The second-order valence-electron chi connectivity index (χ2n) is 7.35. The maximum Gasteiger partial charge on any atom is 0.227 e. The summed E-state index contributed by atoms with van der Waals surface area (Å²) in [7, 11) is 0. The molecule has 0 aromatic carbocycles. The molecular weight excluding hydrogens is 262 g/mol. The molecule has 0 N–H and O–H groups in total. The van der Waals surface area contributed by atoms with Crippen LogP contribution >= 0.6 is 11.6 Å². The van der Waals surface area contributed by atoms with Gasteiger partial charge in [-0.2, -0.15) is 0 Å². The molecule has 0 radical (unpaired) electrons. The minimum Gasteiger partial charge on any atom is -0.336 e. The largest absolute Gasteiger partial charge is 0.336 e. The highest BCUT2D eigenvalue weighted by Gasteiger charge is 2.56. The third-order valence-electron chi connectivity index (χ3n) is 6.02. The van der Waals surface area contributed by atoms with Crippen LogP contribution in [0.5, 0.6) is 0 Å². The number of halogens is 1. The Balaban J connectivity index is 1.62. The normalized spacial score (nSPS) is 48.1. The number of amides is 1. The fourth-order valence-corrected chi connectivity index (χ4v) is 5.86. The Bertz CT molecular complexity index is 412. The van der Waals surface area contributed by atoms with Crippen molar-refractivity contribution >= 4 is 22.8 Å². The summed E-state index contributed by atoms with van der Waals surface area (Å²) >= 11 is 5.60. The van der Waals surface area contributed by atoms with Crippen molar-refractivity contribution in [3.05, 3.63) is 0 Å². The third kappa shape index (κ3) is 1.77. The first kappa shape index (κ1) is 12.2. The monoisotopic (exact) mass is 281 g/mol. The molecule has 5 fully saturated rings. The number of likely N-dealkylation sites (tertiary alicyclic amines) is 1. The molecule has 0 aromatic rings. The van der Waals surface area contributed by atoms with Crippen molar-refractivity contribution in [1.82, 2.24) is 4.90 Å². The van der Waals surface area contributed by atoms with Crippen molar-refractivity contribution in [3.8, 4) is 0 Å². The Morgan fingerprint density at radius 3 is 2.05 bits per heavy atom. The second kappa shape index (κ2) is 3.97. The Kier molecular flexibility index (Phi) is 2.55. The van der Waals surface area contributed by atoms with Crippen LogP contribution in [-0.4, -0.2) is 28.1 Å². The quantitative estimate of drug-likeness (QED) is 0.730. The zero-order valence-corrected chi connectivity index (χ0v) is 11.9. The van der Waals surface area contributed by atoms with E-state index in [2.05, 4.69) is 4.90 Å². The van der Waals surface area contributed by atoms with Crippen molar-refractivity contribution in [3.63, 3.8) is 0 Å². The molecular formula is C15H20ClNO2. The van der Waals surface area contributed by atoms with Crippen LogP contribution in [0.2, 0.25) is 0 Å². The molecule has 0 unspecified atom stereocenters. The van der Waals surface area contributed by atoms with E-state index in [9.17, 15) is 9.59 Å². The third-order valence-corrected chi connectivity index (χ3v) is 6.33. The number of carbonyl (C=O) groups is 2. The first-order valence-corrected chi connectivity index (χ1v) is 7.93. The van der Waals surface area contributed by atoms with Crippen LogP contribution in [0, 0.1) is 23.7 Å². The van der Waals surface area contributed by atoms with Crippen LogP contribution in [0.1, 0.15) is 44.9 Å². The molecule has 4 bridgehead atoms. The van der Waals surface area contributed by atoms with E-state index in [1.165, 1.54) is 38.5 Å². The topological polar surface area (TPSA) is 37.4 Å². The summed E-state index contributed by atoms with van der Waals surface area (Å²) in [6.45, 7) is 0.577. The van der Waals surface area contributed by atoms with E-state index in [1.807, 2.05) is 0 Å². The summed E-state index contributed by atoms with van der Waals surface area (Å²) in [6.07, 6.45) is 7.98. The van der Waals surface area contributed by atoms with Gasteiger partial charge in [-0.1, -0.05) is 0 Å². The Hall–Kier alpha value is -0.570. The van der Waals surface area contributed by atoms with Gasteiger partial charge in [0.1, 0.15) is 0 Å². The van der Waals surface area contributed by atoms with Gasteiger partial charge < -0.3 is 4.90 Å². The maximum absolute atomic E-state index is 12.3. The van der Waals surface area contributed by atoms with Gasteiger partial charge in [-0.25, -0.2) is 0 Å². The van der Waals surface area contributed by atoms with E-state index >= 15 is 0 Å². The SMILES string of the molecule is O=C(Cl)[C@@H]1CC(=O)N(C23CC4CC(CC(C4)C2)C3)C1. The minimum atomic E-state index is -0.333. The van der Waals surface area contributed by atoms with Gasteiger partial charge in [0, 0.05) is 18.5 Å². The summed E-state index contributed by atoms with van der Waals surface area (Å²) in [6, 6.07) is 0. The molecule has 1 atom stereocenters. The summed E-state index contributed by atoms with van der Waals surface area (Å²) in [5.41, 5.74) is 0.0902. The molecule has 1 saturated heterocycles. The lowest BCUT2D eigenvalue weighted by Crippen LogP contribution is -2.60. The fourth-order valence-electron chi connectivity index (χ4n) is 5.71. The number of rotatable bonds is 2. The van der Waals surface area contributed by atoms with Gasteiger partial charge in [-0.05, 0) is 67.9 Å². The summed E-state index contributed by atoms with van der Waals surface area (Å²) < 4.78 is 0. The Morgan fingerprint density at radius 1 is 1.11 bits per heavy atom. The molecule has 19 heavy (non-hydrogen) atoms. The van der Waals surface area contributed by atoms with Crippen molar-refractivity contribution < 1.29 is 9.59 Å². The van der Waals surface area contributed by atoms with Crippen molar-refractivity contribution in [1.29, 1.82) is 0 Å². The van der Waals surface area contributed by atoms with E-state index in [4.69, 9.17) is 11.6 Å². The van der Waals surface area contributed by atoms with Gasteiger partial charge in [-0.15, -0.1) is 0 Å². The van der Waals surface area contributed by atoms with E-state index in [0.29, 0.717) is 13.0 Å². The molecule has 1 amide bonds. The molecule has 0 spiro atoms. The number of carbonyl (C=O) groups excluding carboxylic acids is 2. The lowest BCUT2D eigenvalue weighted by molar-refractivity contribution is -0.145. The number of hydrogen-bond donors (Lipinski definition) is 0. The second-order valence-corrected chi connectivity index (χ2v) is 7.72. The van der Waals surface area contributed by atoms with Crippen molar-refractivity contribution in [2.75, 3.05) is 6.54 Å². The van der Waals surface area contributed by atoms with Crippen molar-refractivity contribution in [2.45, 2.75) is 50.5 Å². The number of nitrogens with zero attached hydrogens (tertiary/aromatic N) is 1. The average Bonchev–Trinajstić information content (AvgIpc) is 2.70. The van der Waals surface area contributed by atoms with Gasteiger partial charge in [0.2, 0.25) is 11.1 Å². The molecule has 4 aliphatic carbocycles. The standard InChI is InChI=1S/C15H20ClNO2/c16-14(19)12-4-13(18)17(8-12)15-5-9-1-10(6-15)3-11(2-9)7-15/h9-12H,1-8H2/t9?,10?,11?,12-,15?/m1/s1. The molecule has 0 aromatic heterocycles. The van der Waals surface area contributed by atoms with Gasteiger partial charge in [0.25, 0.3) is 0 Å². The smallest absolute Gasteiger partial charge is 0.227 e. The molecule has 5 aliphatic rings. The van der Waals surface area contributed by atoms with E-state index < -0.39 is 0 Å². The predicted octanol–water partition coefficient (Wildman–Crippen LogP) is 2.57. The highest BCUT2D eigenvalue weighted by atomic mass is 35.5. The Morgan fingerprint density at radius 2 is 1.63 bits per heavy atom. The van der Waals surface area contributed by atoms with Gasteiger partial charge >= 0.3 is 0 Å². The van der Waals surface area contributed by atoms with E-state index in [0.717, 1.165) is 17.8 Å². The molecule has 5 rings (SSSR count). The molecule has 1 heterocycles. The molecule has 3 nitrogen and oxygen atoms in total. The zero-order valence-electron chi connectivity index (χ0n) is 11.1. The van der Waals surface area contributed by atoms with Gasteiger partial charge in [-0.3, -0.25) is 9.59 Å². The van der Waals surface area contributed by atoms with Crippen LogP contribution < -0.4 is 0 Å². The van der Waals surface area contributed by atoms with Crippen LogP contribution in [0.15, 0.2) is 0 Å². The Labute approximate surface area is 118 Å². The first-order chi connectivity index (χ1) is 9.06. The summed E-state index contributed by atoms with van der Waals surface area (Å²) in [4.78, 5) is 25.7. The van der Waals surface area contributed by atoms with E-state index in [1.54, 1.807) is 0 Å². The van der Waals surface area contributed by atoms with Gasteiger partial charge in [0.15, 0.2) is 0 Å². The van der Waals surface area contributed by atoms with E-state index in [-0.39, 0.29) is 22.6 Å². The van der Waals surface area contributed by atoms with Gasteiger partial charge in [0.05, 0.1) is 5.92 Å². The van der Waals surface area contributed by atoms with Crippen LogP contribution in [0.3, 0.4) is 0 Å². The average molecular weight is 282 g/mol. The molecule has 4 heteroatoms.